The highest BCUT2D eigenvalue weighted by atomic mass is 16.5. The van der Waals surface area contributed by atoms with E-state index in [2.05, 4.69) is 75.6 Å². The van der Waals surface area contributed by atoms with Gasteiger partial charge >= 0.3 is 0 Å². The molecule has 7 heteroatoms. The number of aliphatic imine (C=N–C) groups is 1. The summed E-state index contributed by atoms with van der Waals surface area (Å²) in [6.45, 7) is 7.21. The van der Waals surface area contributed by atoms with Gasteiger partial charge in [-0.05, 0) is 37.0 Å². The summed E-state index contributed by atoms with van der Waals surface area (Å²) in [6.07, 6.45) is 4.42. The van der Waals surface area contributed by atoms with Gasteiger partial charge in [-0.3, -0.25) is 4.99 Å². The highest BCUT2D eigenvalue weighted by Gasteiger charge is 2.05. The maximum atomic E-state index is 5.51. The van der Waals surface area contributed by atoms with Gasteiger partial charge in [0.1, 0.15) is 17.9 Å². The number of benzene rings is 2. The van der Waals surface area contributed by atoms with E-state index in [9.17, 15) is 0 Å². The van der Waals surface area contributed by atoms with Crippen LogP contribution < -0.4 is 15.4 Å². The van der Waals surface area contributed by atoms with Gasteiger partial charge < -0.3 is 19.9 Å². The Labute approximate surface area is 190 Å². The Balaban J connectivity index is 1.58. The van der Waals surface area contributed by atoms with Crippen LogP contribution in [0.2, 0.25) is 0 Å². The Hall–Kier alpha value is -3.35. The molecule has 3 aromatic rings. The predicted octanol–water partition coefficient (Wildman–Crippen LogP) is 3.18. The van der Waals surface area contributed by atoms with Crippen LogP contribution in [-0.2, 0) is 25.8 Å². The number of nitrogens with zero attached hydrogens (tertiary/aromatic N) is 4. The molecule has 0 atom stereocenters. The number of ether oxygens (including phenoxy) is 1. The van der Waals surface area contributed by atoms with E-state index >= 15 is 0 Å². The molecule has 0 amide bonds. The fraction of sp³-hybridized carbons (Fsp3) is 0.400. The quantitative estimate of drug-likeness (QED) is 0.358. The van der Waals surface area contributed by atoms with Crippen molar-refractivity contribution in [2.24, 2.45) is 4.99 Å². The van der Waals surface area contributed by atoms with Gasteiger partial charge in [0.25, 0.3) is 0 Å². The van der Waals surface area contributed by atoms with Crippen molar-refractivity contribution in [3.8, 4) is 5.75 Å². The molecule has 3 rings (SSSR count). The second kappa shape index (κ2) is 12.5. The lowest BCUT2D eigenvalue weighted by atomic mass is 10.1. The zero-order valence-electron chi connectivity index (χ0n) is 19.3. The van der Waals surface area contributed by atoms with E-state index < -0.39 is 0 Å². The number of hydrogen-bond donors (Lipinski definition) is 2. The lowest BCUT2D eigenvalue weighted by molar-refractivity contribution is 0.409. The smallest absolute Gasteiger partial charge is 0.191 e. The van der Waals surface area contributed by atoms with E-state index in [0.29, 0.717) is 6.54 Å². The van der Waals surface area contributed by atoms with E-state index in [1.54, 1.807) is 13.4 Å². The van der Waals surface area contributed by atoms with Gasteiger partial charge in [0.05, 0.1) is 7.11 Å². The minimum atomic E-state index is 0.674. The van der Waals surface area contributed by atoms with Crippen LogP contribution in [0.25, 0.3) is 0 Å². The number of aryl methyl sites for hydroxylation is 2. The first-order valence-electron chi connectivity index (χ1n) is 11.3. The van der Waals surface area contributed by atoms with Crippen molar-refractivity contribution >= 4 is 5.96 Å². The minimum absolute atomic E-state index is 0.674. The van der Waals surface area contributed by atoms with Crippen molar-refractivity contribution in [3.63, 3.8) is 0 Å². The molecule has 7 nitrogen and oxygen atoms in total. The minimum Gasteiger partial charge on any atom is -0.496 e. The first-order chi connectivity index (χ1) is 15.7. The lowest BCUT2D eigenvalue weighted by Gasteiger charge is -2.14. The van der Waals surface area contributed by atoms with Crippen LogP contribution in [0.5, 0.6) is 5.75 Å². The fourth-order valence-corrected chi connectivity index (χ4v) is 3.57. The van der Waals surface area contributed by atoms with Crippen LogP contribution in [0.3, 0.4) is 0 Å². The van der Waals surface area contributed by atoms with Gasteiger partial charge in [0.2, 0.25) is 0 Å². The molecular weight excluding hydrogens is 400 g/mol. The molecule has 0 aliphatic carbocycles. The molecule has 1 heterocycles. The van der Waals surface area contributed by atoms with Crippen LogP contribution in [0.15, 0.2) is 59.9 Å². The average Bonchev–Trinajstić information content (AvgIpc) is 3.27. The van der Waals surface area contributed by atoms with E-state index in [1.807, 2.05) is 12.1 Å². The number of hydrogen-bond acceptors (Lipinski definition) is 4. The Morgan fingerprint density at radius 1 is 1.06 bits per heavy atom. The van der Waals surface area contributed by atoms with Gasteiger partial charge in [-0.25, -0.2) is 0 Å². The van der Waals surface area contributed by atoms with Crippen molar-refractivity contribution in [1.82, 2.24) is 25.4 Å². The predicted molar refractivity (Wildman–Crippen MR) is 129 cm³/mol. The third-order valence-electron chi connectivity index (χ3n) is 5.29. The third kappa shape index (κ3) is 7.11. The van der Waals surface area contributed by atoms with Crippen molar-refractivity contribution < 1.29 is 4.74 Å². The average molecular weight is 435 g/mol. The molecule has 2 N–H and O–H groups in total. The molecule has 0 bridgehead atoms. The lowest BCUT2D eigenvalue weighted by Crippen LogP contribution is -2.40. The second-order valence-corrected chi connectivity index (χ2v) is 7.68. The van der Waals surface area contributed by atoms with Gasteiger partial charge in [0, 0.05) is 32.6 Å². The zero-order valence-corrected chi connectivity index (χ0v) is 19.3. The largest absolute Gasteiger partial charge is 0.496 e. The highest BCUT2D eigenvalue weighted by Crippen LogP contribution is 2.20. The maximum absolute atomic E-state index is 5.51. The van der Waals surface area contributed by atoms with Crippen molar-refractivity contribution in [2.45, 2.75) is 39.7 Å². The summed E-state index contributed by atoms with van der Waals surface area (Å²) in [4.78, 5) is 4.82. The van der Waals surface area contributed by atoms with Gasteiger partial charge in [-0.1, -0.05) is 55.0 Å². The summed E-state index contributed by atoms with van der Waals surface area (Å²) in [5.41, 5.74) is 3.71. The summed E-state index contributed by atoms with van der Waals surface area (Å²) in [5.74, 6) is 2.73. The molecule has 0 saturated carbocycles. The highest BCUT2D eigenvalue weighted by molar-refractivity contribution is 5.79. The normalized spacial score (nSPS) is 11.4. The summed E-state index contributed by atoms with van der Waals surface area (Å²) >= 11 is 0. The van der Waals surface area contributed by atoms with Crippen molar-refractivity contribution in [3.05, 3.63) is 77.4 Å². The van der Waals surface area contributed by atoms with Crippen LogP contribution in [0.1, 0.15) is 29.4 Å². The number of nitrogens with one attached hydrogen (secondary N) is 2. The molecule has 2 aromatic carbocycles. The van der Waals surface area contributed by atoms with Crippen LogP contribution in [0, 0.1) is 6.92 Å². The van der Waals surface area contributed by atoms with Crippen molar-refractivity contribution in [2.75, 3.05) is 26.7 Å². The van der Waals surface area contributed by atoms with E-state index in [1.165, 1.54) is 16.7 Å². The molecule has 0 unspecified atom stereocenters. The maximum Gasteiger partial charge on any atom is 0.191 e. The zero-order chi connectivity index (χ0) is 22.6. The van der Waals surface area contributed by atoms with E-state index in [4.69, 9.17) is 9.73 Å². The summed E-state index contributed by atoms with van der Waals surface area (Å²) in [6, 6.07) is 16.7. The number of rotatable bonds is 11. The molecule has 170 valence electrons. The standard InChI is InChI=1S/C25H34N6O/c1-4-24-30-29-19-31(24)17-16-28-25(26-14-12-21-8-6-5-7-9-21)27-15-13-22-18-20(2)10-11-23(22)32-3/h5-11,18-19H,4,12-17H2,1-3H3,(H2,26,27,28). The molecule has 0 aliphatic rings. The number of aromatic nitrogens is 3. The topological polar surface area (TPSA) is 76.4 Å². The number of methoxy groups -OCH3 is 1. The number of guanidine groups is 1. The van der Waals surface area contributed by atoms with Gasteiger partial charge in [0.15, 0.2) is 5.96 Å². The molecule has 0 fully saturated rings. The molecule has 0 saturated heterocycles. The molecule has 0 aliphatic heterocycles. The Bertz CT molecular complexity index is 983. The van der Waals surface area contributed by atoms with Crippen molar-refractivity contribution in [1.29, 1.82) is 0 Å². The summed E-state index contributed by atoms with van der Waals surface area (Å²) in [5, 5.41) is 15.1. The third-order valence-corrected chi connectivity index (χ3v) is 5.29. The first kappa shape index (κ1) is 23.3. The summed E-state index contributed by atoms with van der Waals surface area (Å²) in [7, 11) is 1.71. The van der Waals surface area contributed by atoms with Crippen LogP contribution >= 0.6 is 0 Å². The van der Waals surface area contributed by atoms with E-state index in [0.717, 1.165) is 56.4 Å². The van der Waals surface area contributed by atoms with Crippen LogP contribution in [0.4, 0.5) is 0 Å². The Morgan fingerprint density at radius 2 is 1.88 bits per heavy atom. The van der Waals surface area contributed by atoms with Gasteiger partial charge in [-0.15, -0.1) is 10.2 Å². The molecule has 32 heavy (non-hydrogen) atoms. The Kier molecular flexibility index (Phi) is 9.10. The molecule has 0 spiro atoms. The SMILES string of the molecule is CCc1nncn1CCNC(=NCCc1cc(C)ccc1OC)NCCc1ccccc1. The first-order valence-corrected chi connectivity index (χ1v) is 11.3. The van der Waals surface area contributed by atoms with Crippen LogP contribution in [-0.4, -0.2) is 47.5 Å². The monoisotopic (exact) mass is 434 g/mol. The molecule has 0 radical (unpaired) electrons. The molecule has 1 aromatic heterocycles. The van der Waals surface area contributed by atoms with E-state index in [-0.39, 0.29) is 0 Å². The fourth-order valence-electron chi connectivity index (χ4n) is 3.57. The van der Waals surface area contributed by atoms with Gasteiger partial charge in [-0.2, -0.15) is 0 Å². The molecular formula is C25H34N6O. The summed E-state index contributed by atoms with van der Waals surface area (Å²) < 4.78 is 7.58. The second-order valence-electron chi connectivity index (χ2n) is 7.68. The Morgan fingerprint density at radius 3 is 2.66 bits per heavy atom.